The number of anilines is 1. The average Bonchev–Trinajstić information content (AvgIpc) is 2.36. The van der Waals surface area contributed by atoms with Crippen molar-refractivity contribution in [3.05, 3.63) is 18.7 Å². The van der Waals surface area contributed by atoms with Gasteiger partial charge in [0.25, 0.3) is 0 Å². The van der Waals surface area contributed by atoms with Gasteiger partial charge in [-0.2, -0.15) is 4.98 Å². The molecule has 1 heterocycles. The molecule has 0 spiro atoms. The van der Waals surface area contributed by atoms with E-state index in [9.17, 15) is 0 Å². The van der Waals surface area contributed by atoms with Crippen LogP contribution in [0.4, 0.5) is 5.82 Å². The Bertz CT molecular complexity index is 358. The highest BCUT2D eigenvalue weighted by Gasteiger charge is 2.04. The largest absolute Gasteiger partial charge is 0.477 e. The number of rotatable bonds is 8. The van der Waals surface area contributed by atoms with E-state index < -0.39 is 0 Å². The second-order valence-electron chi connectivity index (χ2n) is 3.43. The Labute approximate surface area is 107 Å². The molecule has 0 fully saturated rings. The molecule has 0 radical (unpaired) electrons. The van der Waals surface area contributed by atoms with Crippen LogP contribution in [0.3, 0.4) is 0 Å². The monoisotopic (exact) mass is 253 g/mol. The Balaban J connectivity index is 2.70. The number of nitrogens with one attached hydrogen (secondary N) is 1. The first-order valence-corrected chi connectivity index (χ1v) is 6.93. The van der Waals surface area contributed by atoms with Crippen LogP contribution >= 0.6 is 11.8 Å². The van der Waals surface area contributed by atoms with Gasteiger partial charge < -0.3 is 10.1 Å². The zero-order valence-corrected chi connectivity index (χ0v) is 11.2. The molecular formula is C12H19N3OS. The van der Waals surface area contributed by atoms with Crippen LogP contribution in [0.1, 0.15) is 19.8 Å². The standard InChI is InChI=1S/C12H19N3OS/c1-4-6-8-16-11-9-10(13-7-5-2)14-12(15-11)17-3/h4,9H,1,5-8H2,2-3H3,(H,13,14,15). The molecule has 94 valence electrons. The lowest BCUT2D eigenvalue weighted by atomic mass is 10.4. The lowest BCUT2D eigenvalue weighted by Gasteiger charge is -2.08. The molecule has 1 aromatic rings. The fourth-order valence-electron chi connectivity index (χ4n) is 1.16. The van der Waals surface area contributed by atoms with Gasteiger partial charge in [-0.05, 0) is 19.1 Å². The molecular weight excluding hydrogens is 234 g/mol. The molecule has 1 aromatic heterocycles. The van der Waals surface area contributed by atoms with Gasteiger partial charge in [-0.3, -0.25) is 0 Å². The highest BCUT2D eigenvalue weighted by molar-refractivity contribution is 7.98. The molecule has 0 aliphatic heterocycles. The number of hydrogen-bond acceptors (Lipinski definition) is 5. The van der Waals surface area contributed by atoms with Gasteiger partial charge in [0.05, 0.1) is 6.61 Å². The SMILES string of the molecule is C=CCCOc1cc(NCCC)nc(SC)n1. The first-order valence-electron chi connectivity index (χ1n) is 5.70. The summed E-state index contributed by atoms with van der Waals surface area (Å²) in [6.45, 7) is 7.27. The molecule has 17 heavy (non-hydrogen) atoms. The maximum atomic E-state index is 5.53. The number of thioether (sulfide) groups is 1. The van der Waals surface area contributed by atoms with E-state index in [1.54, 1.807) is 0 Å². The Morgan fingerprint density at radius 3 is 3.00 bits per heavy atom. The molecule has 0 saturated carbocycles. The molecule has 1 rings (SSSR count). The Morgan fingerprint density at radius 1 is 1.53 bits per heavy atom. The van der Waals surface area contributed by atoms with Crippen LogP contribution in [0.15, 0.2) is 23.9 Å². The van der Waals surface area contributed by atoms with Crippen LogP contribution in [0, 0.1) is 0 Å². The topological polar surface area (TPSA) is 47.0 Å². The summed E-state index contributed by atoms with van der Waals surface area (Å²) in [5, 5.41) is 3.96. The van der Waals surface area contributed by atoms with Gasteiger partial charge in [0, 0.05) is 12.6 Å². The summed E-state index contributed by atoms with van der Waals surface area (Å²) in [5.41, 5.74) is 0. The number of aromatic nitrogens is 2. The molecule has 1 N–H and O–H groups in total. The molecule has 0 unspecified atom stereocenters. The van der Waals surface area contributed by atoms with Crippen molar-refractivity contribution < 1.29 is 4.74 Å². The first kappa shape index (κ1) is 13.8. The van der Waals surface area contributed by atoms with E-state index >= 15 is 0 Å². The third-order valence-corrected chi connectivity index (χ3v) is 2.54. The molecule has 0 atom stereocenters. The van der Waals surface area contributed by atoms with Crippen molar-refractivity contribution in [2.75, 3.05) is 24.7 Å². The van der Waals surface area contributed by atoms with E-state index in [0.717, 1.165) is 30.4 Å². The van der Waals surface area contributed by atoms with Crippen molar-refractivity contribution in [2.45, 2.75) is 24.9 Å². The Kier molecular flexibility index (Phi) is 6.47. The molecule has 5 heteroatoms. The van der Waals surface area contributed by atoms with Crippen molar-refractivity contribution in [1.82, 2.24) is 9.97 Å². The maximum absolute atomic E-state index is 5.53. The number of hydrogen-bond donors (Lipinski definition) is 1. The predicted octanol–water partition coefficient (Wildman–Crippen LogP) is 2.98. The van der Waals surface area contributed by atoms with Crippen molar-refractivity contribution in [2.24, 2.45) is 0 Å². The quantitative estimate of drug-likeness (QED) is 0.334. The molecule has 0 aliphatic rings. The summed E-state index contributed by atoms with van der Waals surface area (Å²) in [6.07, 6.45) is 5.65. The van der Waals surface area contributed by atoms with Crippen molar-refractivity contribution >= 4 is 17.6 Å². The summed E-state index contributed by atoms with van der Waals surface area (Å²) in [5.74, 6) is 1.43. The number of ether oxygens (including phenoxy) is 1. The van der Waals surface area contributed by atoms with Gasteiger partial charge in [-0.25, -0.2) is 4.98 Å². The Hall–Kier alpha value is -1.23. The lowest BCUT2D eigenvalue weighted by molar-refractivity contribution is 0.309. The van der Waals surface area contributed by atoms with Crippen LogP contribution in [-0.4, -0.2) is 29.4 Å². The molecule has 0 saturated heterocycles. The summed E-state index contributed by atoms with van der Waals surface area (Å²) in [7, 11) is 0. The van der Waals surface area contributed by atoms with E-state index in [0.29, 0.717) is 12.5 Å². The van der Waals surface area contributed by atoms with E-state index in [1.165, 1.54) is 11.8 Å². The van der Waals surface area contributed by atoms with Crippen LogP contribution < -0.4 is 10.1 Å². The highest BCUT2D eigenvalue weighted by Crippen LogP contribution is 2.19. The smallest absolute Gasteiger partial charge is 0.219 e. The van der Waals surface area contributed by atoms with Crippen molar-refractivity contribution in [3.63, 3.8) is 0 Å². The third-order valence-electron chi connectivity index (χ3n) is 1.99. The van der Waals surface area contributed by atoms with Crippen LogP contribution in [-0.2, 0) is 0 Å². The van der Waals surface area contributed by atoms with Gasteiger partial charge in [0.2, 0.25) is 5.88 Å². The summed E-state index contributed by atoms with van der Waals surface area (Å²) in [4.78, 5) is 8.65. The molecule has 0 aliphatic carbocycles. The minimum atomic E-state index is 0.599. The van der Waals surface area contributed by atoms with Crippen LogP contribution in [0.2, 0.25) is 0 Å². The van der Waals surface area contributed by atoms with Crippen molar-refractivity contribution in [1.29, 1.82) is 0 Å². The molecule has 4 nitrogen and oxygen atoms in total. The second kappa shape index (κ2) is 7.95. The second-order valence-corrected chi connectivity index (χ2v) is 4.20. The zero-order valence-electron chi connectivity index (χ0n) is 10.4. The highest BCUT2D eigenvalue weighted by atomic mass is 32.2. The number of nitrogens with zero attached hydrogens (tertiary/aromatic N) is 2. The van der Waals surface area contributed by atoms with Crippen LogP contribution in [0.25, 0.3) is 0 Å². The van der Waals surface area contributed by atoms with E-state index in [2.05, 4.69) is 28.8 Å². The summed E-state index contributed by atoms with van der Waals surface area (Å²) < 4.78 is 5.53. The molecule has 0 bridgehead atoms. The van der Waals surface area contributed by atoms with E-state index in [-0.39, 0.29) is 0 Å². The van der Waals surface area contributed by atoms with E-state index in [1.807, 2.05) is 18.4 Å². The maximum Gasteiger partial charge on any atom is 0.219 e. The fraction of sp³-hybridized carbons (Fsp3) is 0.500. The Morgan fingerprint density at radius 2 is 2.35 bits per heavy atom. The average molecular weight is 253 g/mol. The minimum Gasteiger partial charge on any atom is -0.477 e. The minimum absolute atomic E-state index is 0.599. The summed E-state index contributed by atoms with van der Waals surface area (Å²) in [6, 6.07) is 1.83. The predicted molar refractivity (Wildman–Crippen MR) is 72.9 cm³/mol. The lowest BCUT2D eigenvalue weighted by Crippen LogP contribution is -2.05. The normalized spacial score (nSPS) is 10.0. The molecule has 0 amide bonds. The van der Waals surface area contributed by atoms with Gasteiger partial charge in [-0.15, -0.1) is 6.58 Å². The first-order chi connectivity index (χ1) is 8.30. The van der Waals surface area contributed by atoms with Crippen molar-refractivity contribution in [3.8, 4) is 5.88 Å². The van der Waals surface area contributed by atoms with Crippen LogP contribution in [0.5, 0.6) is 5.88 Å². The van der Waals surface area contributed by atoms with Gasteiger partial charge in [0.1, 0.15) is 5.82 Å². The van der Waals surface area contributed by atoms with Gasteiger partial charge >= 0.3 is 0 Å². The summed E-state index contributed by atoms with van der Waals surface area (Å²) >= 11 is 1.51. The third kappa shape index (κ3) is 5.08. The van der Waals surface area contributed by atoms with Gasteiger partial charge in [0.15, 0.2) is 5.16 Å². The van der Waals surface area contributed by atoms with E-state index in [4.69, 9.17) is 4.74 Å². The fourth-order valence-corrected chi connectivity index (χ4v) is 1.53. The zero-order chi connectivity index (χ0) is 12.5. The van der Waals surface area contributed by atoms with Gasteiger partial charge in [-0.1, -0.05) is 24.8 Å². The molecule has 0 aromatic carbocycles.